The predicted molar refractivity (Wildman–Crippen MR) is 117 cm³/mol. The predicted octanol–water partition coefficient (Wildman–Crippen LogP) is 4.04. The van der Waals surface area contributed by atoms with E-state index in [9.17, 15) is 14.7 Å². The summed E-state index contributed by atoms with van der Waals surface area (Å²) in [5, 5.41) is 20.4. The van der Waals surface area contributed by atoms with Crippen molar-refractivity contribution in [2.24, 2.45) is 0 Å². The highest BCUT2D eigenvalue weighted by Crippen LogP contribution is 2.36. The van der Waals surface area contributed by atoms with Gasteiger partial charge in [-0.3, -0.25) is 14.5 Å². The van der Waals surface area contributed by atoms with Gasteiger partial charge in [0, 0.05) is 0 Å². The Hall–Kier alpha value is -3.17. The number of ketones is 1. The summed E-state index contributed by atoms with van der Waals surface area (Å²) in [6.45, 7) is 5.33. The van der Waals surface area contributed by atoms with Crippen LogP contribution in [0.2, 0.25) is 0 Å². The van der Waals surface area contributed by atoms with Crippen LogP contribution in [0.15, 0.2) is 47.7 Å². The molecule has 1 aliphatic heterocycles. The van der Waals surface area contributed by atoms with Gasteiger partial charge in [0.15, 0.2) is 5.76 Å². The van der Waals surface area contributed by atoms with Gasteiger partial charge < -0.3 is 5.11 Å². The van der Waals surface area contributed by atoms with Crippen LogP contribution in [0.3, 0.4) is 0 Å². The molecule has 1 aromatic carbocycles. The van der Waals surface area contributed by atoms with E-state index in [2.05, 4.69) is 15.2 Å². The zero-order chi connectivity index (χ0) is 21.4. The molecule has 4 rings (SSSR count). The van der Waals surface area contributed by atoms with Crippen LogP contribution in [-0.2, 0) is 4.79 Å². The highest BCUT2D eigenvalue weighted by atomic mass is 32.1. The fraction of sp³-hybridized carbons (Fsp3) is 0.190. The fourth-order valence-electron chi connectivity index (χ4n) is 3.27. The fourth-order valence-corrected chi connectivity index (χ4v) is 4.87. The minimum atomic E-state index is -0.806. The molecule has 30 heavy (non-hydrogen) atoms. The average Bonchev–Trinajstić information content (AvgIpc) is 3.37. The van der Waals surface area contributed by atoms with Crippen molar-refractivity contribution < 1.29 is 14.7 Å². The Bertz CT molecular complexity index is 1190. The first-order valence-electron chi connectivity index (χ1n) is 9.15. The van der Waals surface area contributed by atoms with Crippen molar-refractivity contribution in [3.63, 3.8) is 0 Å². The van der Waals surface area contributed by atoms with Gasteiger partial charge in [-0.1, -0.05) is 53.8 Å². The molecule has 0 aliphatic carbocycles. The number of hydrogen-bond acceptors (Lipinski definition) is 8. The maximum Gasteiger partial charge on any atom is 0.296 e. The molecule has 3 aromatic rings. The smallest absolute Gasteiger partial charge is 0.296 e. The zero-order valence-electron chi connectivity index (χ0n) is 16.5. The number of aryl methyl sites for hydroxylation is 3. The van der Waals surface area contributed by atoms with Crippen LogP contribution in [0.25, 0.3) is 6.08 Å². The van der Waals surface area contributed by atoms with Gasteiger partial charge in [0.2, 0.25) is 10.9 Å². The molecule has 1 unspecified atom stereocenters. The number of aliphatic hydroxyl groups excluding tert-OH is 1. The lowest BCUT2D eigenvalue weighted by Crippen LogP contribution is -2.35. The van der Waals surface area contributed by atoms with E-state index in [-0.39, 0.29) is 5.57 Å². The van der Waals surface area contributed by atoms with Crippen molar-refractivity contribution in [2.45, 2.75) is 26.8 Å². The van der Waals surface area contributed by atoms with E-state index < -0.39 is 23.5 Å². The van der Waals surface area contributed by atoms with Gasteiger partial charge in [0.1, 0.15) is 5.01 Å². The number of Topliss-reactive ketones (excluding diaryl/α,β-unsaturated/α-hetero) is 1. The zero-order valence-corrected chi connectivity index (χ0v) is 18.1. The Kier molecular flexibility index (Phi) is 5.31. The number of thiazole rings is 1. The second kappa shape index (κ2) is 7.92. The molecule has 9 heteroatoms. The standard InChI is InChI=1S/C21H18N4O3S2/c1-11-19(29-12(2)22-11)17(26)16-15(10-9-14-7-5-4-6-8-14)25(20(28)18(16)27)21-24-23-13(3)30-21/h4-10,15,27H,1-3H3/b10-9+. The van der Waals surface area contributed by atoms with Gasteiger partial charge in [-0.25, -0.2) is 4.98 Å². The van der Waals surface area contributed by atoms with E-state index >= 15 is 0 Å². The average molecular weight is 439 g/mol. The van der Waals surface area contributed by atoms with Crippen LogP contribution >= 0.6 is 22.7 Å². The largest absolute Gasteiger partial charge is 0.503 e. The number of amides is 1. The topological polar surface area (TPSA) is 96.3 Å². The van der Waals surface area contributed by atoms with Crippen LogP contribution in [0.4, 0.5) is 5.13 Å². The molecule has 0 saturated heterocycles. The Morgan fingerprint density at radius 1 is 1.10 bits per heavy atom. The number of benzene rings is 1. The maximum absolute atomic E-state index is 13.3. The van der Waals surface area contributed by atoms with E-state index in [1.807, 2.05) is 43.3 Å². The van der Waals surface area contributed by atoms with Crippen LogP contribution < -0.4 is 4.90 Å². The van der Waals surface area contributed by atoms with Gasteiger partial charge >= 0.3 is 0 Å². The summed E-state index contributed by atoms with van der Waals surface area (Å²) in [7, 11) is 0. The Labute approximate surface area is 181 Å². The van der Waals surface area contributed by atoms with Gasteiger partial charge in [0.05, 0.1) is 27.2 Å². The second-order valence-corrected chi connectivity index (χ2v) is 9.10. The number of anilines is 1. The highest BCUT2D eigenvalue weighted by Gasteiger charge is 2.44. The molecule has 7 nitrogen and oxygen atoms in total. The Morgan fingerprint density at radius 2 is 1.83 bits per heavy atom. The molecule has 0 bridgehead atoms. The molecule has 0 radical (unpaired) electrons. The summed E-state index contributed by atoms with van der Waals surface area (Å²) < 4.78 is 0. The molecular weight excluding hydrogens is 420 g/mol. The van der Waals surface area contributed by atoms with Crippen molar-refractivity contribution >= 4 is 45.6 Å². The molecule has 3 heterocycles. The van der Waals surface area contributed by atoms with E-state index in [1.54, 1.807) is 19.9 Å². The van der Waals surface area contributed by atoms with Crippen molar-refractivity contribution in [3.05, 3.63) is 73.9 Å². The van der Waals surface area contributed by atoms with E-state index in [4.69, 9.17) is 0 Å². The number of aliphatic hydroxyl groups is 1. The third-order valence-corrected chi connectivity index (χ3v) is 6.51. The normalized spacial score (nSPS) is 16.8. The molecule has 0 spiro atoms. The van der Waals surface area contributed by atoms with Crippen LogP contribution in [0.1, 0.15) is 30.9 Å². The first-order chi connectivity index (χ1) is 14.4. The lowest BCUT2D eigenvalue weighted by atomic mass is 10.0. The van der Waals surface area contributed by atoms with Crippen LogP contribution in [0.5, 0.6) is 0 Å². The molecule has 1 N–H and O–H groups in total. The van der Waals surface area contributed by atoms with Crippen molar-refractivity contribution in [1.82, 2.24) is 15.2 Å². The summed E-state index contributed by atoms with van der Waals surface area (Å²) in [5.41, 5.74) is 1.50. The quantitative estimate of drug-likeness (QED) is 0.604. The number of hydrogen-bond donors (Lipinski definition) is 1. The van der Waals surface area contributed by atoms with Crippen LogP contribution in [0, 0.1) is 20.8 Å². The molecule has 2 aromatic heterocycles. The molecule has 152 valence electrons. The number of aromatic nitrogens is 3. The number of nitrogens with zero attached hydrogens (tertiary/aromatic N) is 4. The Morgan fingerprint density at radius 3 is 2.43 bits per heavy atom. The van der Waals surface area contributed by atoms with Crippen molar-refractivity contribution in [2.75, 3.05) is 4.90 Å². The van der Waals surface area contributed by atoms with Gasteiger partial charge in [0.25, 0.3) is 5.91 Å². The summed E-state index contributed by atoms with van der Waals surface area (Å²) in [6.07, 6.45) is 3.54. The lowest BCUT2D eigenvalue weighted by Gasteiger charge is -2.20. The molecule has 0 saturated carbocycles. The summed E-state index contributed by atoms with van der Waals surface area (Å²) >= 11 is 2.47. The monoisotopic (exact) mass is 438 g/mol. The third-order valence-electron chi connectivity index (χ3n) is 4.60. The maximum atomic E-state index is 13.3. The second-order valence-electron chi connectivity index (χ2n) is 6.73. The van der Waals surface area contributed by atoms with Crippen molar-refractivity contribution in [1.29, 1.82) is 0 Å². The minimum absolute atomic E-state index is 0.0202. The molecule has 1 amide bonds. The van der Waals surface area contributed by atoms with Gasteiger partial charge in [-0.05, 0) is 26.3 Å². The minimum Gasteiger partial charge on any atom is -0.503 e. The number of rotatable bonds is 5. The molecular formula is C21H18N4O3S2. The molecule has 1 aliphatic rings. The summed E-state index contributed by atoms with van der Waals surface area (Å²) in [5.74, 6) is -1.65. The van der Waals surface area contributed by atoms with Gasteiger partial charge in [-0.15, -0.1) is 21.5 Å². The van der Waals surface area contributed by atoms with Crippen molar-refractivity contribution in [3.8, 4) is 0 Å². The summed E-state index contributed by atoms with van der Waals surface area (Å²) in [6, 6.07) is 8.72. The third kappa shape index (κ3) is 3.57. The van der Waals surface area contributed by atoms with Gasteiger partial charge in [-0.2, -0.15) is 0 Å². The number of carbonyl (C=O) groups is 2. The first-order valence-corrected chi connectivity index (χ1v) is 10.8. The van der Waals surface area contributed by atoms with E-state index in [1.165, 1.54) is 27.6 Å². The first kappa shape index (κ1) is 20.1. The lowest BCUT2D eigenvalue weighted by molar-refractivity contribution is -0.116. The molecule has 0 fully saturated rings. The van der Waals surface area contributed by atoms with Crippen LogP contribution in [-0.4, -0.2) is 38.0 Å². The van der Waals surface area contributed by atoms with E-state index in [0.29, 0.717) is 20.7 Å². The van der Waals surface area contributed by atoms with E-state index in [0.717, 1.165) is 10.6 Å². The summed E-state index contributed by atoms with van der Waals surface area (Å²) in [4.78, 5) is 32.3. The molecule has 1 atom stereocenters. The number of carbonyl (C=O) groups excluding carboxylic acids is 2. The Balaban J connectivity index is 1.81. The highest BCUT2D eigenvalue weighted by molar-refractivity contribution is 7.15. The SMILES string of the molecule is Cc1nnc(N2C(=O)C(O)=C(C(=O)c3sc(C)nc3C)C2/C=C/c2ccccc2)s1.